The molecule has 0 aromatic heterocycles. The Morgan fingerprint density at radius 2 is 1.08 bits per heavy atom. The molecule has 0 saturated heterocycles. The minimum absolute atomic E-state index is 0. The summed E-state index contributed by atoms with van der Waals surface area (Å²) in [5, 5.41) is 36.8. The molecule has 0 aliphatic rings. The molecule has 0 spiro atoms. The molecule has 0 aliphatic carbocycles. The Kier molecular flexibility index (Phi) is 42.4. The van der Waals surface area contributed by atoms with Crippen LogP contribution in [-0.2, 0) is 20.4 Å². The summed E-state index contributed by atoms with van der Waals surface area (Å²) < 4.78 is 0. The van der Waals surface area contributed by atoms with E-state index in [1.807, 2.05) is 0 Å². The maximum absolute atomic E-state index is 8.25. The average molecular weight is 271 g/mol. The van der Waals surface area contributed by atoms with Gasteiger partial charge < -0.3 is 30.6 Å². The van der Waals surface area contributed by atoms with Gasteiger partial charge in [0.25, 0.3) is 0 Å². The van der Waals surface area contributed by atoms with Gasteiger partial charge in [-0.3, -0.25) is 0 Å². The summed E-state index contributed by atoms with van der Waals surface area (Å²) in [6.45, 7) is 1.43. The van der Waals surface area contributed by atoms with Crippen LogP contribution >= 0.6 is 0 Å². The number of hydrogen-bond acceptors (Lipinski definition) is 7. The third-order valence-corrected chi connectivity index (χ3v) is 0. The van der Waals surface area contributed by atoms with Crippen molar-refractivity contribution in [1.82, 2.24) is 0 Å². The van der Waals surface area contributed by atoms with Gasteiger partial charge in [-0.2, -0.15) is 5.26 Å². The Morgan fingerprint density at radius 1 is 1.08 bits per heavy atom. The van der Waals surface area contributed by atoms with Gasteiger partial charge in [-0.15, -0.1) is 0 Å². The first-order chi connectivity index (χ1) is 4.88. The Balaban J connectivity index is -0.0000000389. The van der Waals surface area contributed by atoms with E-state index in [0.29, 0.717) is 0 Å². The third-order valence-electron chi connectivity index (χ3n) is 0. The predicted octanol–water partition coefficient (Wildman–Crippen LogP) is 0.0492. The molecule has 0 aliphatic heterocycles. The van der Waals surface area contributed by atoms with E-state index in [2.05, 4.69) is 0 Å². The van der Waals surface area contributed by atoms with E-state index in [1.54, 1.807) is 6.07 Å². The van der Waals surface area contributed by atoms with Gasteiger partial charge in [0.05, 0.1) is 16.2 Å². The second kappa shape index (κ2) is 22.7. The van der Waals surface area contributed by atoms with Gasteiger partial charge in [0.2, 0.25) is 0 Å². The zero-order chi connectivity index (χ0) is 9.86. The first-order valence-electron chi connectivity index (χ1n) is 1.82. The molecule has 0 fully saturated rings. The largest absolute Gasteiger partial charge is 2.00 e. The zero-order valence-electron chi connectivity index (χ0n) is 5.61. The fourth-order valence-corrected chi connectivity index (χ4v) is 0. The minimum atomic E-state index is -1.75. The first kappa shape index (κ1) is 22.4. The molecular formula is C2H3N3O6Pd. The van der Waals surface area contributed by atoms with Crippen LogP contribution in [0, 0.1) is 42.0 Å². The van der Waals surface area contributed by atoms with Crippen LogP contribution in [0.4, 0.5) is 0 Å². The number of nitriles is 1. The first-order valence-corrected chi connectivity index (χ1v) is 1.82. The fourth-order valence-electron chi connectivity index (χ4n) is 0. The number of rotatable bonds is 0. The molecule has 12 heavy (non-hydrogen) atoms. The van der Waals surface area contributed by atoms with Crippen molar-refractivity contribution in [3.05, 3.63) is 30.6 Å². The Labute approximate surface area is 80.1 Å². The van der Waals surface area contributed by atoms with Crippen molar-refractivity contribution < 1.29 is 30.6 Å². The summed E-state index contributed by atoms with van der Waals surface area (Å²) >= 11 is 0. The summed E-state index contributed by atoms with van der Waals surface area (Å²) in [6, 6.07) is 1.75. The van der Waals surface area contributed by atoms with Crippen LogP contribution in [-0.4, -0.2) is 10.2 Å². The van der Waals surface area contributed by atoms with E-state index in [0.717, 1.165) is 0 Å². The van der Waals surface area contributed by atoms with Crippen LogP contribution in [0.5, 0.6) is 0 Å². The Morgan fingerprint density at radius 3 is 1.08 bits per heavy atom. The van der Waals surface area contributed by atoms with Crippen molar-refractivity contribution >= 4 is 0 Å². The second-order valence-electron chi connectivity index (χ2n) is 0.671. The van der Waals surface area contributed by atoms with E-state index >= 15 is 0 Å². The zero-order valence-corrected chi connectivity index (χ0v) is 7.16. The van der Waals surface area contributed by atoms with Gasteiger partial charge in [-0.25, -0.2) is 0 Å². The van der Waals surface area contributed by atoms with Gasteiger partial charge in [-0.1, -0.05) is 0 Å². The molecule has 0 amide bonds. The van der Waals surface area contributed by atoms with Crippen LogP contribution in [0.1, 0.15) is 6.92 Å². The van der Waals surface area contributed by atoms with Crippen LogP contribution < -0.4 is 0 Å². The van der Waals surface area contributed by atoms with Gasteiger partial charge >= 0.3 is 20.4 Å². The van der Waals surface area contributed by atoms with Crippen LogP contribution in [0.2, 0.25) is 0 Å². The van der Waals surface area contributed by atoms with Crippen LogP contribution in [0.25, 0.3) is 0 Å². The standard InChI is InChI=1S/C2H3N.2NO3.Pd/c1-2-3;2*2-1(3)4;/h1H3;;;/q;2*-1;+2. The molecule has 0 aromatic carbocycles. The van der Waals surface area contributed by atoms with E-state index in [1.165, 1.54) is 6.92 Å². The van der Waals surface area contributed by atoms with Gasteiger partial charge in [0, 0.05) is 6.92 Å². The topological polar surface area (TPSA) is 156 Å². The molecule has 0 unspecified atom stereocenters. The van der Waals surface area contributed by atoms with Crippen molar-refractivity contribution in [3.63, 3.8) is 0 Å². The number of nitrogens with zero attached hydrogens (tertiary/aromatic N) is 3. The van der Waals surface area contributed by atoms with Crippen LogP contribution in [0.3, 0.4) is 0 Å². The molecule has 0 bridgehead atoms. The maximum atomic E-state index is 8.25. The van der Waals surface area contributed by atoms with E-state index < -0.39 is 10.2 Å². The molecule has 0 N–H and O–H groups in total. The van der Waals surface area contributed by atoms with Crippen molar-refractivity contribution in [3.8, 4) is 6.07 Å². The Hall–Kier alpha value is -1.45. The van der Waals surface area contributed by atoms with Gasteiger partial charge in [0.1, 0.15) is 0 Å². The quantitative estimate of drug-likeness (QED) is 0.342. The normalized spacial score (nSPS) is 4.67. The van der Waals surface area contributed by atoms with E-state index in [9.17, 15) is 0 Å². The average Bonchev–Trinajstić information content (AvgIpc) is 1.60. The van der Waals surface area contributed by atoms with Crippen LogP contribution in [0.15, 0.2) is 0 Å². The van der Waals surface area contributed by atoms with Crippen molar-refractivity contribution in [2.24, 2.45) is 0 Å². The summed E-state index contributed by atoms with van der Waals surface area (Å²) in [4.78, 5) is 16.5. The molecule has 0 rings (SSSR count). The molecule has 0 atom stereocenters. The smallest absolute Gasteiger partial charge is 0.356 e. The fraction of sp³-hybridized carbons (Fsp3) is 0.500. The van der Waals surface area contributed by atoms with E-state index in [-0.39, 0.29) is 20.4 Å². The monoisotopic (exact) mass is 271 g/mol. The van der Waals surface area contributed by atoms with E-state index in [4.69, 9.17) is 35.9 Å². The maximum Gasteiger partial charge on any atom is 2.00 e. The summed E-state index contributed by atoms with van der Waals surface area (Å²) in [6.07, 6.45) is 0. The summed E-state index contributed by atoms with van der Waals surface area (Å²) in [5.41, 5.74) is 0. The molecular weight excluding hydrogens is 268 g/mol. The summed E-state index contributed by atoms with van der Waals surface area (Å²) in [7, 11) is 0. The molecule has 10 heteroatoms. The van der Waals surface area contributed by atoms with Crippen molar-refractivity contribution in [1.29, 1.82) is 5.26 Å². The third kappa shape index (κ3) is 233. The van der Waals surface area contributed by atoms with Crippen molar-refractivity contribution in [2.45, 2.75) is 6.92 Å². The van der Waals surface area contributed by atoms with Gasteiger partial charge in [-0.05, 0) is 0 Å². The second-order valence-corrected chi connectivity index (χ2v) is 0.671. The molecule has 72 valence electrons. The molecule has 0 heterocycles. The molecule has 0 aromatic rings. The molecule has 0 saturated carbocycles. The Bertz CT molecular complexity index is 133. The number of hydrogen-bond donors (Lipinski definition) is 0. The molecule has 0 radical (unpaired) electrons. The molecule has 9 nitrogen and oxygen atoms in total. The summed E-state index contributed by atoms with van der Waals surface area (Å²) in [5.74, 6) is 0. The minimum Gasteiger partial charge on any atom is -0.356 e. The predicted molar refractivity (Wildman–Crippen MR) is 32.0 cm³/mol. The van der Waals surface area contributed by atoms with Crippen molar-refractivity contribution in [2.75, 3.05) is 0 Å². The van der Waals surface area contributed by atoms with Gasteiger partial charge in [0.15, 0.2) is 0 Å². The SMILES string of the molecule is CC#N.O=[N+]([O-])[O-].O=[N+]([O-])[O-].[Pd+2].